The number of hydrogen-bond donors (Lipinski definition) is 2. The predicted octanol–water partition coefficient (Wildman–Crippen LogP) is -0.476. The van der Waals surface area contributed by atoms with Crippen molar-refractivity contribution >= 4 is 11.8 Å². The number of carbonyl (C=O) groups excluding carboxylic acids is 2. The summed E-state index contributed by atoms with van der Waals surface area (Å²) in [6.45, 7) is 5.12. The van der Waals surface area contributed by atoms with Gasteiger partial charge >= 0.3 is 0 Å². The van der Waals surface area contributed by atoms with Crippen molar-refractivity contribution < 1.29 is 9.59 Å². The van der Waals surface area contributed by atoms with Crippen molar-refractivity contribution in [2.24, 2.45) is 17.4 Å². The molecule has 114 valence electrons. The molecule has 0 radical (unpaired) electrons. The number of rotatable bonds is 5. The van der Waals surface area contributed by atoms with Gasteiger partial charge in [-0.25, -0.2) is 0 Å². The summed E-state index contributed by atoms with van der Waals surface area (Å²) in [5.74, 6) is 0.0303. The molecular weight excluding hydrogens is 256 g/mol. The van der Waals surface area contributed by atoms with E-state index in [1.807, 2.05) is 0 Å². The highest BCUT2D eigenvalue weighted by Crippen LogP contribution is 2.21. The third-order valence-electron chi connectivity index (χ3n) is 4.38. The lowest BCUT2D eigenvalue weighted by atomic mass is 9.95. The van der Waals surface area contributed by atoms with Gasteiger partial charge in [-0.2, -0.15) is 0 Å². The highest BCUT2D eigenvalue weighted by atomic mass is 16.2. The molecule has 20 heavy (non-hydrogen) atoms. The second kappa shape index (κ2) is 7.04. The molecule has 0 spiro atoms. The van der Waals surface area contributed by atoms with Crippen molar-refractivity contribution in [1.82, 2.24) is 9.80 Å². The molecule has 2 heterocycles. The van der Waals surface area contributed by atoms with Gasteiger partial charge in [-0.15, -0.1) is 0 Å². The lowest BCUT2D eigenvalue weighted by molar-refractivity contribution is -0.136. The van der Waals surface area contributed by atoms with Crippen LogP contribution in [0.3, 0.4) is 0 Å². The number of carbonyl (C=O) groups is 2. The Hall–Kier alpha value is -1.14. The Labute approximate surface area is 120 Å². The maximum atomic E-state index is 12.1. The van der Waals surface area contributed by atoms with Crippen LogP contribution in [0.15, 0.2) is 0 Å². The second-order valence-electron chi connectivity index (χ2n) is 6.05. The van der Waals surface area contributed by atoms with Crippen molar-refractivity contribution in [1.29, 1.82) is 0 Å². The summed E-state index contributed by atoms with van der Waals surface area (Å²) in [7, 11) is 0. The summed E-state index contributed by atoms with van der Waals surface area (Å²) < 4.78 is 0. The van der Waals surface area contributed by atoms with E-state index >= 15 is 0 Å². The molecule has 6 heteroatoms. The molecule has 2 saturated heterocycles. The Morgan fingerprint density at radius 2 is 1.70 bits per heavy atom. The Morgan fingerprint density at radius 3 is 2.25 bits per heavy atom. The zero-order chi connectivity index (χ0) is 14.5. The fourth-order valence-corrected chi connectivity index (χ4v) is 3.20. The van der Waals surface area contributed by atoms with Crippen molar-refractivity contribution in [2.45, 2.75) is 38.1 Å². The Morgan fingerprint density at radius 1 is 1.10 bits per heavy atom. The van der Waals surface area contributed by atoms with E-state index in [-0.39, 0.29) is 12.3 Å². The number of hydrogen-bond acceptors (Lipinski definition) is 4. The van der Waals surface area contributed by atoms with E-state index in [1.54, 1.807) is 4.90 Å². The summed E-state index contributed by atoms with van der Waals surface area (Å²) in [5.41, 5.74) is 10.8. The molecule has 0 bridgehead atoms. The highest BCUT2D eigenvalue weighted by Gasteiger charge is 2.28. The third-order valence-corrected chi connectivity index (χ3v) is 4.38. The maximum absolute atomic E-state index is 12.1. The van der Waals surface area contributed by atoms with E-state index in [0.29, 0.717) is 5.92 Å². The van der Waals surface area contributed by atoms with E-state index < -0.39 is 11.9 Å². The van der Waals surface area contributed by atoms with Crippen LogP contribution in [-0.4, -0.2) is 60.4 Å². The van der Waals surface area contributed by atoms with Gasteiger partial charge in [0.05, 0.1) is 12.5 Å². The average molecular weight is 282 g/mol. The molecule has 4 N–H and O–H groups in total. The number of piperidine rings is 1. The number of amides is 2. The quantitative estimate of drug-likeness (QED) is 0.712. The van der Waals surface area contributed by atoms with Crippen LogP contribution < -0.4 is 11.5 Å². The van der Waals surface area contributed by atoms with Crippen LogP contribution >= 0.6 is 0 Å². The maximum Gasteiger partial charge on any atom is 0.240 e. The fraction of sp³-hybridized carbons (Fsp3) is 0.857. The summed E-state index contributed by atoms with van der Waals surface area (Å²) >= 11 is 0. The van der Waals surface area contributed by atoms with Crippen molar-refractivity contribution in [2.75, 3.05) is 32.7 Å². The number of nitrogens with zero attached hydrogens (tertiary/aromatic N) is 2. The topological polar surface area (TPSA) is 92.7 Å². The lowest BCUT2D eigenvalue weighted by Crippen LogP contribution is -2.49. The van der Waals surface area contributed by atoms with Crippen LogP contribution in [0.25, 0.3) is 0 Å². The van der Waals surface area contributed by atoms with Crippen LogP contribution in [0.4, 0.5) is 0 Å². The zero-order valence-corrected chi connectivity index (χ0v) is 12.1. The van der Waals surface area contributed by atoms with Gasteiger partial charge in [0.2, 0.25) is 11.8 Å². The van der Waals surface area contributed by atoms with Crippen LogP contribution in [0.1, 0.15) is 32.1 Å². The fourth-order valence-electron chi connectivity index (χ4n) is 3.20. The molecule has 6 nitrogen and oxygen atoms in total. The first kappa shape index (κ1) is 15.3. The summed E-state index contributed by atoms with van der Waals surface area (Å²) in [4.78, 5) is 27.2. The highest BCUT2D eigenvalue weighted by molar-refractivity contribution is 5.87. The zero-order valence-electron chi connectivity index (χ0n) is 12.1. The van der Waals surface area contributed by atoms with Gasteiger partial charge in [0.15, 0.2) is 0 Å². The summed E-state index contributed by atoms with van der Waals surface area (Å²) in [6.07, 6.45) is 4.64. The van der Waals surface area contributed by atoms with Crippen LogP contribution in [0, 0.1) is 5.92 Å². The molecule has 2 fully saturated rings. The number of likely N-dealkylation sites (tertiary alicyclic amines) is 2. The molecule has 2 rings (SSSR count). The van der Waals surface area contributed by atoms with Crippen LogP contribution in [-0.2, 0) is 9.59 Å². The van der Waals surface area contributed by atoms with Gasteiger partial charge in [-0.3, -0.25) is 9.59 Å². The predicted molar refractivity (Wildman–Crippen MR) is 76.8 cm³/mol. The SMILES string of the molecule is NC(=O)CC(N)C(=O)N1CCC(CN2CCCC2)CC1. The number of primary amides is 1. The van der Waals surface area contributed by atoms with Crippen molar-refractivity contribution in [3.63, 3.8) is 0 Å². The van der Waals surface area contributed by atoms with Gasteiger partial charge in [0.25, 0.3) is 0 Å². The van der Waals surface area contributed by atoms with Gasteiger partial charge in [0.1, 0.15) is 0 Å². The molecule has 1 atom stereocenters. The van der Waals surface area contributed by atoms with Crippen molar-refractivity contribution in [3.05, 3.63) is 0 Å². The molecule has 0 aliphatic carbocycles. The Balaban J connectivity index is 1.72. The van der Waals surface area contributed by atoms with Crippen LogP contribution in [0.2, 0.25) is 0 Å². The minimum Gasteiger partial charge on any atom is -0.370 e. The van der Waals surface area contributed by atoms with Crippen molar-refractivity contribution in [3.8, 4) is 0 Å². The molecule has 0 aromatic carbocycles. The molecule has 2 aliphatic heterocycles. The second-order valence-corrected chi connectivity index (χ2v) is 6.05. The molecule has 2 amide bonds. The Bertz CT molecular complexity index is 347. The minimum absolute atomic E-state index is 0.0630. The van der Waals surface area contributed by atoms with Gasteiger partial charge < -0.3 is 21.3 Å². The standard InChI is InChI=1S/C14H26N4O2/c15-12(9-13(16)19)14(20)18-7-3-11(4-8-18)10-17-5-1-2-6-17/h11-12H,1-10,15H2,(H2,16,19). The van der Waals surface area contributed by atoms with Gasteiger partial charge in [-0.1, -0.05) is 0 Å². The first-order chi connectivity index (χ1) is 9.56. The molecular formula is C14H26N4O2. The lowest BCUT2D eigenvalue weighted by Gasteiger charge is -2.35. The normalized spacial score (nSPS) is 22.9. The Kier molecular flexibility index (Phi) is 5.37. The largest absolute Gasteiger partial charge is 0.370 e. The third kappa shape index (κ3) is 4.18. The van der Waals surface area contributed by atoms with E-state index in [2.05, 4.69) is 4.90 Å². The molecule has 0 saturated carbocycles. The first-order valence-electron chi connectivity index (χ1n) is 7.61. The van der Waals surface area contributed by atoms with E-state index in [0.717, 1.165) is 32.5 Å². The molecule has 0 aromatic heterocycles. The summed E-state index contributed by atoms with van der Waals surface area (Å²) in [5, 5.41) is 0. The molecule has 2 aliphatic rings. The number of nitrogens with two attached hydrogens (primary N) is 2. The average Bonchev–Trinajstić information content (AvgIpc) is 2.91. The molecule has 0 aromatic rings. The van der Waals surface area contributed by atoms with Gasteiger partial charge in [-0.05, 0) is 44.7 Å². The van der Waals surface area contributed by atoms with Gasteiger partial charge in [0, 0.05) is 19.6 Å². The van der Waals surface area contributed by atoms with E-state index in [1.165, 1.54) is 25.9 Å². The smallest absolute Gasteiger partial charge is 0.240 e. The van der Waals surface area contributed by atoms with E-state index in [9.17, 15) is 9.59 Å². The monoisotopic (exact) mass is 282 g/mol. The minimum atomic E-state index is -0.775. The van der Waals surface area contributed by atoms with Crippen LogP contribution in [0.5, 0.6) is 0 Å². The molecule has 1 unspecified atom stereocenters. The summed E-state index contributed by atoms with van der Waals surface area (Å²) in [6, 6.07) is -0.775. The van der Waals surface area contributed by atoms with E-state index in [4.69, 9.17) is 11.5 Å². The first-order valence-corrected chi connectivity index (χ1v) is 7.61.